The molecule has 0 fully saturated rings. The molecule has 0 bridgehead atoms. The van der Waals surface area contributed by atoms with E-state index in [-0.39, 0.29) is 0 Å². The van der Waals surface area contributed by atoms with Gasteiger partial charge in [-0.15, -0.1) is 0 Å². The van der Waals surface area contributed by atoms with Gasteiger partial charge in [-0.1, -0.05) is 146 Å². The van der Waals surface area contributed by atoms with E-state index in [0.717, 1.165) is 66.1 Å². The lowest BCUT2D eigenvalue weighted by Crippen LogP contribution is -2.02. The zero-order valence-electron chi connectivity index (χ0n) is 30.0. The number of furan rings is 1. The third kappa shape index (κ3) is 4.58. The lowest BCUT2D eigenvalue weighted by Gasteiger charge is -2.18. The van der Waals surface area contributed by atoms with Crippen molar-refractivity contribution >= 4 is 76.1 Å². The molecule has 9 aromatic carbocycles. The maximum absolute atomic E-state index is 6.53. The number of fused-ring (bicyclic) bond motifs is 12. The summed E-state index contributed by atoms with van der Waals surface area (Å²) >= 11 is 0. The number of rotatable bonds is 4. The Labute approximate surface area is 320 Å². The molecule has 3 aromatic heterocycles. The summed E-state index contributed by atoms with van der Waals surface area (Å²) in [6.45, 7) is 0. The van der Waals surface area contributed by atoms with Crippen molar-refractivity contribution in [1.29, 1.82) is 0 Å². The van der Waals surface area contributed by atoms with Crippen LogP contribution in [0.2, 0.25) is 0 Å². The highest BCUT2D eigenvalue weighted by atomic mass is 16.3. The third-order valence-corrected chi connectivity index (χ3v) is 11.2. The zero-order valence-corrected chi connectivity index (χ0v) is 30.0. The van der Waals surface area contributed by atoms with E-state index in [1.54, 1.807) is 0 Å². The topological polar surface area (TPSA) is 56.7 Å². The van der Waals surface area contributed by atoms with E-state index in [9.17, 15) is 0 Å². The minimum Gasteiger partial charge on any atom is -0.456 e. The van der Waals surface area contributed by atoms with Crippen molar-refractivity contribution in [2.75, 3.05) is 0 Å². The number of para-hydroxylation sites is 2. The third-order valence-electron chi connectivity index (χ3n) is 11.2. The van der Waals surface area contributed by atoms with Gasteiger partial charge in [0.05, 0.1) is 16.7 Å². The maximum Gasteiger partial charge on any atom is 0.164 e. The Morgan fingerprint density at radius 2 is 0.839 bits per heavy atom. The first-order valence-electron chi connectivity index (χ1n) is 18.9. The molecule has 260 valence electrons. The first-order chi connectivity index (χ1) is 27.8. The second-order valence-corrected chi connectivity index (χ2v) is 14.4. The molecule has 56 heavy (non-hydrogen) atoms. The molecule has 0 saturated heterocycles. The van der Waals surface area contributed by atoms with Crippen molar-refractivity contribution in [3.05, 3.63) is 182 Å². The fourth-order valence-electron chi connectivity index (χ4n) is 8.70. The summed E-state index contributed by atoms with van der Waals surface area (Å²) < 4.78 is 8.94. The van der Waals surface area contributed by atoms with Gasteiger partial charge in [-0.2, -0.15) is 0 Å². The molecule has 0 amide bonds. The van der Waals surface area contributed by atoms with Gasteiger partial charge in [-0.3, -0.25) is 0 Å². The minimum absolute atomic E-state index is 0.610. The summed E-state index contributed by atoms with van der Waals surface area (Å²) in [4.78, 5) is 15.4. The first-order valence-corrected chi connectivity index (χ1v) is 18.9. The lowest BCUT2D eigenvalue weighted by atomic mass is 9.91. The van der Waals surface area contributed by atoms with Gasteiger partial charge in [0.25, 0.3) is 0 Å². The van der Waals surface area contributed by atoms with Crippen LogP contribution in [0.5, 0.6) is 0 Å². The number of hydrogen-bond acceptors (Lipinski definition) is 4. The fraction of sp³-hybridized carbons (Fsp3) is 0. The lowest BCUT2D eigenvalue weighted by molar-refractivity contribution is 0.669. The first kappa shape index (κ1) is 30.8. The van der Waals surface area contributed by atoms with E-state index in [4.69, 9.17) is 19.4 Å². The van der Waals surface area contributed by atoms with Gasteiger partial charge < -0.3 is 8.98 Å². The van der Waals surface area contributed by atoms with Gasteiger partial charge in [0.1, 0.15) is 11.2 Å². The Kier molecular flexibility index (Phi) is 6.56. The Morgan fingerprint density at radius 1 is 0.321 bits per heavy atom. The molecule has 5 nitrogen and oxygen atoms in total. The second kappa shape index (κ2) is 11.9. The predicted molar refractivity (Wildman–Crippen MR) is 230 cm³/mol. The molecule has 12 rings (SSSR count). The minimum atomic E-state index is 0.610. The van der Waals surface area contributed by atoms with Crippen LogP contribution in [0.25, 0.3) is 116 Å². The van der Waals surface area contributed by atoms with Crippen molar-refractivity contribution in [2.24, 2.45) is 0 Å². The normalized spacial score (nSPS) is 11.9. The molecule has 3 heterocycles. The van der Waals surface area contributed by atoms with Crippen LogP contribution in [0, 0.1) is 0 Å². The van der Waals surface area contributed by atoms with E-state index in [1.165, 1.54) is 32.3 Å². The summed E-state index contributed by atoms with van der Waals surface area (Å²) in [5, 5.41) is 11.6. The molecule has 0 aliphatic heterocycles. The molecule has 0 spiro atoms. The Hall–Kier alpha value is -7.63. The Bertz CT molecular complexity index is 3470. The van der Waals surface area contributed by atoms with E-state index in [2.05, 4.69) is 138 Å². The number of nitrogens with zero attached hydrogens (tertiary/aromatic N) is 4. The van der Waals surface area contributed by atoms with Crippen LogP contribution in [0.3, 0.4) is 0 Å². The Morgan fingerprint density at radius 3 is 1.52 bits per heavy atom. The number of hydrogen-bond donors (Lipinski definition) is 0. The maximum atomic E-state index is 6.53. The molecule has 0 unspecified atom stereocenters. The largest absolute Gasteiger partial charge is 0.456 e. The molecular weight excluding hydrogens is 685 g/mol. The van der Waals surface area contributed by atoms with E-state index >= 15 is 0 Å². The van der Waals surface area contributed by atoms with Gasteiger partial charge >= 0.3 is 0 Å². The quantitative estimate of drug-likeness (QED) is 0.170. The van der Waals surface area contributed by atoms with Crippen LogP contribution < -0.4 is 0 Å². The van der Waals surface area contributed by atoms with Gasteiger partial charge in [0.2, 0.25) is 0 Å². The van der Waals surface area contributed by atoms with Crippen molar-refractivity contribution in [1.82, 2.24) is 19.5 Å². The highest BCUT2D eigenvalue weighted by Gasteiger charge is 2.22. The van der Waals surface area contributed by atoms with Crippen molar-refractivity contribution in [3.63, 3.8) is 0 Å². The molecule has 0 aliphatic rings. The summed E-state index contributed by atoms with van der Waals surface area (Å²) in [6, 6.07) is 63.9. The van der Waals surface area contributed by atoms with Crippen molar-refractivity contribution < 1.29 is 4.42 Å². The van der Waals surface area contributed by atoms with Gasteiger partial charge in [0.15, 0.2) is 17.5 Å². The molecule has 0 aliphatic carbocycles. The van der Waals surface area contributed by atoms with Crippen molar-refractivity contribution in [2.45, 2.75) is 0 Å². The van der Waals surface area contributed by atoms with Crippen LogP contribution in [-0.2, 0) is 0 Å². The Balaban J connectivity index is 1.25. The van der Waals surface area contributed by atoms with Gasteiger partial charge in [0, 0.05) is 49.7 Å². The molecular formula is C51H30N4O. The smallest absolute Gasteiger partial charge is 0.164 e. The fourth-order valence-corrected chi connectivity index (χ4v) is 8.70. The van der Waals surface area contributed by atoms with Crippen LogP contribution in [0.15, 0.2) is 186 Å². The molecule has 12 aromatic rings. The molecule has 0 N–H and O–H groups in total. The van der Waals surface area contributed by atoms with E-state index in [1.807, 2.05) is 48.5 Å². The second-order valence-electron chi connectivity index (χ2n) is 14.4. The number of aromatic nitrogens is 4. The highest BCUT2D eigenvalue weighted by Crippen LogP contribution is 2.44. The SMILES string of the molecule is c1ccc(-c2nc(-c3ccccc3)nc(-c3cc(-n4c5ccccc5c5cc6c(cc54)oc4ccccc46)c4c5ccccc5c5ccccc5c4c3)n2)cc1. The molecule has 5 heteroatoms. The van der Waals surface area contributed by atoms with Crippen LogP contribution in [0.1, 0.15) is 0 Å². The molecule has 0 radical (unpaired) electrons. The summed E-state index contributed by atoms with van der Waals surface area (Å²) in [5.74, 6) is 1.87. The van der Waals surface area contributed by atoms with Crippen LogP contribution in [-0.4, -0.2) is 19.5 Å². The van der Waals surface area contributed by atoms with E-state index in [0.29, 0.717) is 17.5 Å². The van der Waals surface area contributed by atoms with Gasteiger partial charge in [-0.25, -0.2) is 15.0 Å². The van der Waals surface area contributed by atoms with Crippen molar-refractivity contribution in [3.8, 4) is 39.9 Å². The number of benzene rings is 9. The summed E-state index contributed by atoms with van der Waals surface area (Å²) in [5.41, 5.74) is 7.74. The van der Waals surface area contributed by atoms with Crippen LogP contribution in [0.4, 0.5) is 0 Å². The van der Waals surface area contributed by atoms with Crippen LogP contribution >= 0.6 is 0 Å². The van der Waals surface area contributed by atoms with E-state index < -0.39 is 0 Å². The summed E-state index contributed by atoms with van der Waals surface area (Å²) in [6.07, 6.45) is 0. The monoisotopic (exact) mass is 714 g/mol. The predicted octanol–water partition coefficient (Wildman–Crippen LogP) is 13.3. The molecule has 0 atom stereocenters. The zero-order chi connectivity index (χ0) is 36.7. The summed E-state index contributed by atoms with van der Waals surface area (Å²) in [7, 11) is 0. The highest BCUT2D eigenvalue weighted by molar-refractivity contribution is 6.29. The van der Waals surface area contributed by atoms with Gasteiger partial charge in [-0.05, 0) is 57.3 Å². The standard InChI is InChI=1S/C51H30N4O/c1-3-15-31(16-4-1)49-52-50(32-17-5-2-6-18-32)54-51(53-49)33-27-42-36-21-8-7-19-34(36)35-20-9-10-24-39(35)48(42)45(28-33)55-43-25-13-11-22-37(43)40-29-41-38-23-12-14-26-46(38)56-47(41)30-44(40)55/h1-30H. The average molecular weight is 715 g/mol. The average Bonchev–Trinajstić information content (AvgIpc) is 3.80. The molecule has 0 saturated carbocycles.